The summed E-state index contributed by atoms with van der Waals surface area (Å²) in [5, 5.41) is 0. The SMILES string of the molecule is O=C1C2C3C=C[C@@H](C3)[C@@H]2C(=O)N1CC1CO1. The first-order valence-electron chi connectivity index (χ1n) is 5.91. The number of rotatable bonds is 2. The van der Waals surface area contributed by atoms with Gasteiger partial charge in [-0.1, -0.05) is 12.2 Å². The Morgan fingerprint density at radius 2 is 1.75 bits per heavy atom. The zero-order valence-corrected chi connectivity index (χ0v) is 8.83. The Morgan fingerprint density at radius 1 is 1.19 bits per heavy atom. The highest BCUT2D eigenvalue weighted by Crippen LogP contribution is 2.52. The van der Waals surface area contributed by atoms with Crippen LogP contribution in [0.15, 0.2) is 12.2 Å². The fourth-order valence-corrected chi connectivity index (χ4v) is 3.52. The fraction of sp³-hybridized carbons (Fsp3) is 0.667. The molecule has 4 nitrogen and oxygen atoms in total. The monoisotopic (exact) mass is 219 g/mol. The van der Waals surface area contributed by atoms with Gasteiger partial charge in [0, 0.05) is 0 Å². The lowest BCUT2D eigenvalue weighted by Gasteiger charge is -2.15. The van der Waals surface area contributed by atoms with Crippen LogP contribution in [-0.4, -0.2) is 36.0 Å². The molecule has 16 heavy (non-hydrogen) atoms. The highest BCUT2D eigenvalue weighted by Gasteiger charge is 2.59. The second-order valence-electron chi connectivity index (χ2n) is 5.24. The van der Waals surface area contributed by atoms with Crippen LogP contribution in [0.5, 0.6) is 0 Å². The number of epoxide rings is 1. The minimum atomic E-state index is -0.0544. The molecule has 2 aliphatic carbocycles. The van der Waals surface area contributed by atoms with Crippen molar-refractivity contribution in [3.8, 4) is 0 Å². The third kappa shape index (κ3) is 0.981. The predicted octanol–water partition coefficient (Wildman–Crippen LogP) is 0.192. The van der Waals surface area contributed by atoms with Gasteiger partial charge in [-0.05, 0) is 18.3 Å². The number of carbonyl (C=O) groups excluding carboxylic acids is 2. The van der Waals surface area contributed by atoms with E-state index in [2.05, 4.69) is 12.2 Å². The topological polar surface area (TPSA) is 49.9 Å². The summed E-state index contributed by atoms with van der Waals surface area (Å²) in [6.45, 7) is 1.17. The molecule has 4 heteroatoms. The quantitative estimate of drug-likeness (QED) is 0.378. The number of imide groups is 1. The largest absolute Gasteiger partial charge is 0.371 e. The highest BCUT2D eigenvalue weighted by atomic mass is 16.6. The van der Waals surface area contributed by atoms with Crippen molar-refractivity contribution in [2.24, 2.45) is 23.7 Å². The highest BCUT2D eigenvalue weighted by molar-refractivity contribution is 6.06. The van der Waals surface area contributed by atoms with Gasteiger partial charge in [0.1, 0.15) is 0 Å². The molecule has 2 heterocycles. The Kier molecular flexibility index (Phi) is 1.53. The van der Waals surface area contributed by atoms with Crippen LogP contribution in [0.25, 0.3) is 0 Å². The van der Waals surface area contributed by atoms with Crippen molar-refractivity contribution < 1.29 is 14.3 Å². The van der Waals surface area contributed by atoms with Crippen LogP contribution in [0.4, 0.5) is 0 Å². The molecule has 4 rings (SSSR count). The van der Waals surface area contributed by atoms with Crippen LogP contribution in [0, 0.1) is 23.7 Å². The number of carbonyl (C=O) groups is 2. The molecule has 0 radical (unpaired) electrons. The van der Waals surface area contributed by atoms with Crippen molar-refractivity contribution in [1.29, 1.82) is 0 Å². The zero-order chi connectivity index (χ0) is 10.9. The van der Waals surface area contributed by atoms with Gasteiger partial charge in [-0.2, -0.15) is 0 Å². The number of likely N-dealkylation sites (tertiary alicyclic amines) is 1. The molecule has 0 aromatic heterocycles. The van der Waals surface area contributed by atoms with Crippen molar-refractivity contribution in [2.45, 2.75) is 12.5 Å². The van der Waals surface area contributed by atoms with Crippen molar-refractivity contribution in [1.82, 2.24) is 4.90 Å². The van der Waals surface area contributed by atoms with Gasteiger partial charge in [0.2, 0.25) is 11.8 Å². The van der Waals surface area contributed by atoms with E-state index in [0.717, 1.165) is 6.42 Å². The summed E-state index contributed by atoms with van der Waals surface area (Å²) in [5.74, 6) is 0.611. The Bertz CT molecular complexity index is 382. The average Bonchev–Trinajstić information content (AvgIpc) is 2.77. The van der Waals surface area contributed by atoms with Gasteiger partial charge in [0.25, 0.3) is 0 Å². The minimum absolute atomic E-state index is 0.0438. The Hall–Kier alpha value is -1.16. The van der Waals surface area contributed by atoms with Crippen LogP contribution in [0.1, 0.15) is 6.42 Å². The average molecular weight is 219 g/mol. The van der Waals surface area contributed by atoms with E-state index in [1.165, 1.54) is 4.90 Å². The number of hydrogen-bond donors (Lipinski definition) is 0. The van der Waals surface area contributed by atoms with Crippen LogP contribution in [0.2, 0.25) is 0 Å². The first-order valence-corrected chi connectivity index (χ1v) is 5.91. The van der Waals surface area contributed by atoms with E-state index in [0.29, 0.717) is 25.0 Å². The van der Waals surface area contributed by atoms with Gasteiger partial charge in [-0.3, -0.25) is 14.5 Å². The molecular weight excluding hydrogens is 206 g/mol. The Labute approximate surface area is 93.2 Å². The molecule has 0 aromatic rings. The summed E-state index contributed by atoms with van der Waals surface area (Å²) in [6.07, 6.45) is 5.35. The third-order valence-electron chi connectivity index (χ3n) is 4.35. The molecular formula is C12H13NO3. The van der Waals surface area contributed by atoms with E-state index in [1.54, 1.807) is 0 Å². The van der Waals surface area contributed by atoms with Gasteiger partial charge in [-0.15, -0.1) is 0 Å². The van der Waals surface area contributed by atoms with E-state index in [-0.39, 0.29) is 29.8 Å². The first-order chi connectivity index (χ1) is 7.75. The summed E-state index contributed by atoms with van der Waals surface area (Å²) in [4.78, 5) is 25.8. The second-order valence-corrected chi connectivity index (χ2v) is 5.24. The number of fused-ring (bicyclic) bond motifs is 5. The Balaban J connectivity index is 1.65. The van der Waals surface area contributed by atoms with Gasteiger partial charge in [0.15, 0.2) is 0 Å². The number of nitrogens with zero attached hydrogens (tertiary/aromatic N) is 1. The molecule has 3 fully saturated rings. The second kappa shape index (κ2) is 2.74. The molecule has 2 saturated heterocycles. The lowest BCUT2D eigenvalue weighted by molar-refractivity contribution is -0.140. The lowest BCUT2D eigenvalue weighted by atomic mass is 9.85. The van der Waals surface area contributed by atoms with Crippen LogP contribution >= 0.6 is 0 Å². The third-order valence-corrected chi connectivity index (χ3v) is 4.35. The van der Waals surface area contributed by atoms with Gasteiger partial charge < -0.3 is 4.74 Å². The van der Waals surface area contributed by atoms with Crippen LogP contribution in [-0.2, 0) is 14.3 Å². The molecule has 3 unspecified atom stereocenters. The molecule has 2 bridgehead atoms. The van der Waals surface area contributed by atoms with E-state index in [4.69, 9.17) is 4.74 Å². The maximum absolute atomic E-state index is 12.2. The smallest absolute Gasteiger partial charge is 0.233 e. The van der Waals surface area contributed by atoms with Gasteiger partial charge >= 0.3 is 0 Å². The molecule has 0 spiro atoms. The van der Waals surface area contributed by atoms with Crippen molar-refractivity contribution in [2.75, 3.05) is 13.2 Å². The number of ether oxygens (including phenoxy) is 1. The van der Waals surface area contributed by atoms with Crippen LogP contribution in [0.3, 0.4) is 0 Å². The standard InChI is InChI=1S/C12H13NO3/c14-11-9-6-1-2-7(3-6)10(9)12(15)13(11)4-8-5-16-8/h1-2,6-10H,3-5H2/t6-,7?,8?,9-,10?/m0/s1. The number of allylic oxidation sites excluding steroid dienone is 2. The van der Waals surface area contributed by atoms with E-state index in [9.17, 15) is 9.59 Å². The molecule has 84 valence electrons. The summed E-state index contributed by atoms with van der Waals surface area (Å²) in [6, 6.07) is 0. The zero-order valence-electron chi connectivity index (χ0n) is 8.83. The van der Waals surface area contributed by atoms with E-state index in [1.807, 2.05) is 0 Å². The Morgan fingerprint density at radius 3 is 2.25 bits per heavy atom. The van der Waals surface area contributed by atoms with Crippen LogP contribution < -0.4 is 0 Å². The predicted molar refractivity (Wildman–Crippen MR) is 54.2 cm³/mol. The first kappa shape index (κ1) is 8.93. The molecule has 2 amide bonds. The van der Waals surface area contributed by atoms with Crippen molar-refractivity contribution in [3.63, 3.8) is 0 Å². The summed E-state index contributed by atoms with van der Waals surface area (Å²) in [5.41, 5.74) is 0. The summed E-state index contributed by atoms with van der Waals surface area (Å²) < 4.78 is 5.10. The minimum Gasteiger partial charge on any atom is -0.371 e. The summed E-state index contributed by atoms with van der Waals surface area (Å²) >= 11 is 0. The van der Waals surface area contributed by atoms with Gasteiger partial charge in [0.05, 0.1) is 31.1 Å². The van der Waals surface area contributed by atoms with Crippen molar-refractivity contribution >= 4 is 11.8 Å². The maximum Gasteiger partial charge on any atom is 0.233 e. The lowest BCUT2D eigenvalue weighted by Crippen LogP contribution is -2.36. The fourth-order valence-electron chi connectivity index (χ4n) is 3.52. The molecule has 4 aliphatic rings. The molecule has 5 atom stereocenters. The van der Waals surface area contributed by atoms with Crippen molar-refractivity contribution in [3.05, 3.63) is 12.2 Å². The summed E-state index contributed by atoms with van der Waals surface area (Å²) in [7, 11) is 0. The normalized spacial score (nSPS) is 48.0. The van der Waals surface area contributed by atoms with Gasteiger partial charge in [-0.25, -0.2) is 0 Å². The number of amides is 2. The molecule has 1 saturated carbocycles. The molecule has 0 N–H and O–H groups in total. The molecule has 0 aromatic carbocycles. The van der Waals surface area contributed by atoms with E-state index < -0.39 is 0 Å². The molecule has 2 aliphatic heterocycles. The maximum atomic E-state index is 12.2. The number of hydrogen-bond acceptors (Lipinski definition) is 3. The van der Waals surface area contributed by atoms with E-state index >= 15 is 0 Å².